The van der Waals surface area contributed by atoms with Crippen molar-refractivity contribution in [2.45, 2.75) is 91.6 Å². The smallest absolute Gasteiger partial charge is 0.192 e. The third-order valence-corrected chi connectivity index (χ3v) is 3.43. The molecule has 0 aromatic carbocycles. The van der Waals surface area contributed by atoms with Gasteiger partial charge in [0.15, 0.2) is 5.60 Å². The number of hydrogen-bond acceptors (Lipinski definition) is 1. The Hall–Kier alpha value is -0.920. The van der Waals surface area contributed by atoms with Gasteiger partial charge in [0.05, 0.1) is 0 Å². The summed E-state index contributed by atoms with van der Waals surface area (Å²) in [6.45, 7) is 10.3. The van der Waals surface area contributed by atoms with E-state index in [0.29, 0.717) is 0 Å². The Morgan fingerprint density at radius 1 is 0.750 bits per heavy atom. The molecule has 0 atom stereocenters. The normalized spacial score (nSPS) is 11.3. The Morgan fingerprint density at radius 3 is 1.45 bits per heavy atom. The highest BCUT2D eigenvalue weighted by Crippen LogP contribution is 2.29. The predicted molar refractivity (Wildman–Crippen MR) is 88.2 cm³/mol. The molecule has 1 N–H and O–H groups in total. The van der Waals surface area contributed by atoms with Gasteiger partial charge in [0.25, 0.3) is 0 Å². The van der Waals surface area contributed by atoms with Gasteiger partial charge in [0.1, 0.15) is 0 Å². The lowest BCUT2D eigenvalue weighted by molar-refractivity contribution is 0.0488. The molecule has 0 aliphatic rings. The summed E-state index contributed by atoms with van der Waals surface area (Å²) in [5, 5.41) is 10.7. The monoisotopic (exact) mass is 276 g/mol. The van der Waals surface area contributed by atoms with Crippen molar-refractivity contribution in [1.82, 2.24) is 0 Å². The van der Waals surface area contributed by atoms with E-state index in [0.717, 1.165) is 25.7 Å². The van der Waals surface area contributed by atoms with Crippen molar-refractivity contribution in [3.63, 3.8) is 0 Å². The van der Waals surface area contributed by atoms with Crippen molar-refractivity contribution in [1.29, 1.82) is 0 Å². The second kappa shape index (κ2) is 9.90. The van der Waals surface area contributed by atoms with Crippen molar-refractivity contribution < 1.29 is 5.11 Å². The first kappa shape index (κ1) is 19.1. The molecular weight excluding hydrogens is 244 g/mol. The Kier molecular flexibility index (Phi) is 9.45. The molecule has 0 aromatic rings. The fraction of sp³-hybridized carbons (Fsp3) is 0.789. The van der Waals surface area contributed by atoms with Crippen LogP contribution in [-0.4, -0.2) is 10.7 Å². The second-order valence-corrected chi connectivity index (χ2v) is 6.48. The van der Waals surface area contributed by atoms with Gasteiger partial charge in [-0.15, -0.1) is 0 Å². The molecule has 1 nitrogen and oxygen atoms in total. The van der Waals surface area contributed by atoms with E-state index in [2.05, 4.69) is 37.5 Å². The fourth-order valence-corrected chi connectivity index (χ4v) is 1.71. The number of rotatable bonds is 6. The first-order valence-corrected chi connectivity index (χ1v) is 8.09. The zero-order chi connectivity index (χ0) is 15.5. The van der Waals surface area contributed by atoms with Gasteiger partial charge < -0.3 is 5.11 Å². The minimum Gasteiger partial charge on any atom is -0.367 e. The first-order chi connectivity index (χ1) is 9.37. The van der Waals surface area contributed by atoms with Crippen LogP contribution in [0.3, 0.4) is 0 Å². The van der Waals surface area contributed by atoms with Crippen LogP contribution in [0.1, 0.15) is 86.0 Å². The van der Waals surface area contributed by atoms with Gasteiger partial charge in [-0.25, -0.2) is 0 Å². The summed E-state index contributed by atoms with van der Waals surface area (Å²) >= 11 is 0. The Morgan fingerprint density at radius 2 is 1.15 bits per heavy atom. The summed E-state index contributed by atoms with van der Waals surface area (Å²) < 4.78 is 0. The molecule has 0 bridgehead atoms. The van der Waals surface area contributed by atoms with Crippen LogP contribution in [-0.2, 0) is 0 Å². The van der Waals surface area contributed by atoms with Crippen LogP contribution in [0.25, 0.3) is 0 Å². The van der Waals surface area contributed by atoms with Crippen LogP contribution in [0.4, 0.5) is 0 Å². The van der Waals surface area contributed by atoms with Crippen LogP contribution in [0.2, 0.25) is 0 Å². The van der Waals surface area contributed by atoms with Crippen LogP contribution >= 0.6 is 0 Å². The summed E-state index contributed by atoms with van der Waals surface area (Å²) in [5.41, 5.74) is -1.53. The van der Waals surface area contributed by atoms with Gasteiger partial charge in [-0.2, -0.15) is 0 Å². The summed E-state index contributed by atoms with van der Waals surface area (Å²) in [4.78, 5) is 0. The topological polar surface area (TPSA) is 20.2 Å². The van der Waals surface area contributed by atoms with Gasteiger partial charge in [-0.05, 0) is 12.8 Å². The molecule has 0 aliphatic carbocycles. The lowest BCUT2D eigenvalue weighted by atomic mass is 9.77. The fourth-order valence-electron chi connectivity index (χ4n) is 1.71. The first-order valence-electron chi connectivity index (χ1n) is 8.09. The van der Waals surface area contributed by atoms with E-state index in [1.54, 1.807) is 0 Å². The predicted octanol–water partition coefficient (Wildman–Crippen LogP) is 4.93. The third kappa shape index (κ3) is 7.62. The van der Waals surface area contributed by atoms with Crippen LogP contribution in [0.15, 0.2) is 0 Å². The maximum atomic E-state index is 10.7. The summed E-state index contributed by atoms with van der Waals surface area (Å²) in [5.74, 6) is 12.3. The molecule has 0 fully saturated rings. The molecule has 0 unspecified atom stereocenters. The standard InChI is InChI=1S/C19H32O/c1-6-8-10-12-14-16-19(20,18(3,4)5)17-15-13-11-9-7-2/h20H,6-13H2,1-5H3. The van der Waals surface area contributed by atoms with Crippen molar-refractivity contribution in [3.8, 4) is 23.7 Å². The molecule has 1 heteroatoms. The number of unbranched alkanes of at least 4 members (excludes halogenated alkanes) is 6. The van der Waals surface area contributed by atoms with Crippen molar-refractivity contribution >= 4 is 0 Å². The molecule has 114 valence electrons. The molecule has 0 aromatic heterocycles. The van der Waals surface area contributed by atoms with Gasteiger partial charge in [-0.1, -0.05) is 84.0 Å². The SMILES string of the molecule is CCCCCC#CC(O)(C#CCCCCC)C(C)(C)C. The second-order valence-electron chi connectivity index (χ2n) is 6.48. The zero-order valence-corrected chi connectivity index (χ0v) is 14.1. The van der Waals surface area contributed by atoms with Crippen molar-refractivity contribution in [2.24, 2.45) is 5.41 Å². The minimum atomic E-state index is -1.19. The number of aliphatic hydroxyl groups is 1. The molecular formula is C19H32O. The zero-order valence-electron chi connectivity index (χ0n) is 14.1. The van der Waals surface area contributed by atoms with Crippen molar-refractivity contribution in [3.05, 3.63) is 0 Å². The molecule has 0 spiro atoms. The highest BCUT2D eigenvalue weighted by atomic mass is 16.3. The van der Waals surface area contributed by atoms with Gasteiger partial charge in [0, 0.05) is 18.3 Å². The number of hydrogen-bond donors (Lipinski definition) is 1. The van der Waals surface area contributed by atoms with E-state index in [1.165, 1.54) is 25.7 Å². The van der Waals surface area contributed by atoms with Crippen LogP contribution in [0, 0.1) is 29.1 Å². The van der Waals surface area contributed by atoms with E-state index in [9.17, 15) is 5.11 Å². The van der Waals surface area contributed by atoms with E-state index in [4.69, 9.17) is 0 Å². The molecule has 0 saturated heterocycles. The van der Waals surface area contributed by atoms with E-state index in [-0.39, 0.29) is 5.41 Å². The largest absolute Gasteiger partial charge is 0.367 e. The maximum Gasteiger partial charge on any atom is 0.192 e. The molecule has 20 heavy (non-hydrogen) atoms. The lowest BCUT2D eigenvalue weighted by Crippen LogP contribution is -2.40. The summed E-state index contributed by atoms with van der Waals surface area (Å²) in [6.07, 6.45) is 8.70. The van der Waals surface area contributed by atoms with E-state index >= 15 is 0 Å². The quantitative estimate of drug-likeness (QED) is 0.538. The molecule has 0 heterocycles. The highest BCUT2D eigenvalue weighted by Gasteiger charge is 2.36. The Labute approximate surface area is 126 Å². The summed E-state index contributed by atoms with van der Waals surface area (Å²) in [7, 11) is 0. The lowest BCUT2D eigenvalue weighted by Gasteiger charge is -2.31. The molecule has 0 radical (unpaired) electrons. The van der Waals surface area contributed by atoms with E-state index in [1.807, 2.05) is 20.8 Å². The third-order valence-electron chi connectivity index (χ3n) is 3.43. The molecule has 0 amide bonds. The van der Waals surface area contributed by atoms with Gasteiger partial charge >= 0.3 is 0 Å². The summed E-state index contributed by atoms with van der Waals surface area (Å²) in [6, 6.07) is 0. The maximum absolute atomic E-state index is 10.7. The Balaban J connectivity index is 4.67. The highest BCUT2D eigenvalue weighted by molar-refractivity contribution is 5.32. The molecule has 0 saturated carbocycles. The van der Waals surface area contributed by atoms with Gasteiger partial charge in [-0.3, -0.25) is 0 Å². The molecule has 0 aliphatic heterocycles. The van der Waals surface area contributed by atoms with Crippen LogP contribution < -0.4 is 0 Å². The minimum absolute atomic E-state index is 0.345. The van der Waals surface area contributed by atoms with Crippen LogP contribution in [0.5, 0.6) is 0 Å². The molecule has 0 rings (SSSR count). The Bertz CT molecular complexity index is 337. The van der Waals surface area contributed by atoms with Crippen molar-refractivity contribution in [2.75, 3.05) is 0 Å². The average Bonchev–Trinajstić information content (AvgIpc) is 2.37. The average molecular weight is 276 g/mol. The van der Waals surface area contributed by atoms with Gasteiger partial charge in [0.2, 0.25) is 0 Å². The van der Waals surface area contributed by atoms with E-state index < -0.39 is 5.60 Å².